The molecule has 3 atom stereocenters. The summed E-state index contributed by atoms with van der Waals surface area (Å²) in [6.45, 7) is 7.83. The summed E-state index contributed by atoms with van der Waals surface area (Å²) >= 11 is 0. The van der Waals surface area contributed by atoms with Crippen LogP contribution in [0.25, 0.3) is 0 Å². The summed E-state index contributed by atoms with van der Waals surface area (Å²) in [5.41, 5.74) is -1.80. The summed E-state index contributed by atoms with van der Waals surface area (Å²) in [5.74, 6) is -1.34. The molecular formula is C27H48N6O6. The summed E-state index contributed by atoms with van der Waals surface area (Å²) in [6.07, 6.45) is 3.49. The van der Waals surface area contributed by atoms with Gasteiger partial charge in [0, 0.05) is 27.2 Å². The van der Waals surface area contributed by atoms with E-state index in [4.69, 9.17) is 4.74 Å². The van der Waals surface area contributed by atoms with E-state index in [1.165, 1.54) is 9.80 Å². The minimum absolute atomic E-state index is 0.184. The average molecular weight is 553 g/mol. The van der Waals surface area contributed by atoms with Crippen LogP contribution in [-0.2, 0) is 23.9 Å². The average Bonchev–Trinajstić information content (AvgIpc) is 3.43. The Balaban J connectivity index is 2.10. The van der Waals surface area contributed by atoms with Crippen LogP contribution in [0.3, 0.4) is 0 Å². The molecular weight excluding hydrogens is 504 g/mol. The van der Waals surface area contributed by atoms with Gasteiger partial charge in [-0.15, -0.1) is 0 Å². The van der Waals surface area contributed by atoms with Crippen LogP contribution in [0.4, 0.5) is 4.79 Å². The summed E-state index contributed by atoms with van der Waals surface area (Å²) in [6, 6.07) is -2.32. The smallest absolute Gasteiger partial charge is 0.408 e. The molecule has 0 aromatic rings. The van der Waals surface area contributed by atoms with Gasteiger partial charge in [0.15, 0.2) is 0 Å². The Morgan fingerprint density at radius 3 is 2.18 bits per heavy atom. The minimum atomic E-state index is -1.08. The molecule has 1 aliphatic heterocycles. The summed E-state index contributed by atoms with van der Waals surface area (Å²) in [4.78, 5) is 69.9. The van der Waals surface area contributed by atoms with E-state index in [0.717, 1.165) is 12.8 Å². The van der Waals surface area contributed by atoms with E-state index in [-0.39, 0.29) is 24.3 Å². The quantitative estimate of drug-likeness (QED) is 0.326. The molecule has 39 heavy (non-hydrogen) atoms. The first-order valence-electron chi connectivity index (χ1n) is 13.9. The molecule has 5 amide bonds. The lowest BCUT2D eigenvalue weighted by Gasteiger charge is -2.31. The third kappa shape index (κ3) is 9.36. The Labute approximate surface area is 232 Å². The Morgan fingerprint density at radius 1 is 1.03 bits per heavy atom. The predicted octanol–water partition coefficient (Wildman–Crippen LogP) is 0.844. The fourth-order valence-corrected chi connectivity index (χ4v) is 4.63. The van der Waals surface area contributed by atoms with E-state index in [1.54, 1.807) is 53.9 Å². The Bertz CT molecular complexity index is 911. The Kier molecular flexibility index (Phi) is 11.1. The minimum Gasteiger partial charge on any atom is -0.444 e. The number of rotatable bonds is 12. The highest BCUT2D eigenvalue weighted by Gasteiger charge is 2.53. The molecule has 2 aliphatic rings. The molecule has 0 unspecified atom stereocenters. The normalized spacial score (nSPS) is 19.6. The molecule has 222 valence electrons. The van der Waals surface area contributed by atoms with E-state index in [0.29, 0.717) is 38.6 Å². The van der Waals surface area contributed by atoms with Crippen molar-refractivity contribution < 1.29 is 28.7 Å². The SMILES string of the molecule is CCCC[C@H](NC(=O)C1(NC(=O)[C@H]2CCCN2C(=O)[C@H](CN(C)C)NC(=O)OC(C)(C)C)CC1)C(=O)N(C)C. The van der Waals surface area contributed by atoms with Crippen LogP contribution in [-0.4, -0.2) is 115 Å². The standard InChI is InChI=1S/C27H48N6O6/c1-9-10-12-18(22(35)32(7)8)28-24(37)27(14-15-27)30-21(34)20-13-11-16-33(20)23(36)19(17-31(5)6)29-25(38)39-26(2,3)4/h18-20H,9-17H2,1-8H3,(H,28,37)(H,29,38)(H,30,34)/t18-,19-,20+/m0/s1. The van der Waals surface area contributed by atoms with Crippen LogP contribution >= 0.6 is 0 Å². The number of nitrogens with zero attached hydrogens (tertiary/aromatic N) is 3. The monoisotopic (exact) mass is 552 g/mol. The summed E-state index contributed by atoms with van der Waals surface area (Å²) in [7, 11) is 6.87. The zero-order valence-electron chi connectivity index (χ0n) is 24.9. The lowest BCUT2D eigenvalue weighted by Crippen LogP contribution is -2.60. The number of ether oxygens (including phenoxy) is 1. The van der Waals surface area contributed by atoms with Crippen molar-refractivity contribution in [3.8, 4) is 0 Å². The number of carbonyl (C=O) groups excluding carboxylic acids is 5. The highest BCUT2D eigenvalue weighted by Crippen LogP contribution is 2.36. The zero-order valence-corrected chi connectivity index (χ0v) is 24.9. The van der Waals surface area contributed by atoms with Gasteiger partial charge in [-0.3, -0.25) is 19.2 Å². The third-order valence-corrected chi connectivity index (χ3v) is 6.81. The fourth-order valence-electron chi connectivity index (χ4n) is 4.63. The van der Waals surface area contributed by atoms with Gasteiger partial charge in [0.25, 0.3) is 0 Å². The molecule has 1 aliphatic carbocycles. The van der Waals surface area contributed by atoms with Crippen molar-refractivity contribution in [2.45, 2.75) is 102 Å². The molecule has 0 aromatic carbocycles. The Morgan fingerprint density at radius 2 is 1.67 bits per heavy atom. The van der Waals surface area contributed by atoms with Crippen molar-refractivity contribution in [1.29, 1.82) is 0 Å². The molecule has 0 aromatic heterocycles. The van der Waals surface area contributed by atoms with Crippen molar-refractivity contribution in [1.82, 2.24) is 30.7 Å². The molecule has 2 rings (SSSR count). The van der Waals surface area contributed by atoms with Gasteiger partial charge in [-0.2, -0.15) is 0 Å². The number of likely N-dealkylation sites (tertiary alicyclic amines) is 1. The van der Waals surface area contributed by atoms with Gasteiger partial charge >= 0.3 is 6.09 Å². The second-order valence-electron chi connectivity index (χ2n) is 12.1. The van der Waals surface area contributed by atoms with Gasteiger partial charge in [-0.1, -0.05) is 19.8 Å². The maximum Gasteiger partial charge on any atom is 0.408 e. The van der Waals surface area contributed by atoms with Crippen LogP contribution in [0.5, 0.6) is 0 Å². The van der Waals surface area contributed by atoms with Crippen LogP contribution in [0, 0.1) is 0 Å². The molecule has 3 N–H and O–H groups in total. The molecule has 1 heterocycles. The number of hydrogen-bond donors (Lipinski definition) is 3. The molecule has 0 radical (unpaired) electrons. The van der Waals surface area contributed by atoms with Crippen molar-refractivity contribution in [2.75, 3.05) is 41.3 Å². The lowest BCUT2D eigenvalue weighted by atomic mass is 10.1. The third-order valence-electron chi connectivity index (χ3n) is 6.81. The van der Waals surface area contributed by atoms with Crippen LogP contribution in [0.1, 0.15) is 72.6 Å². The molecule has 12 heteroatoms. The van der Waals surface area contributed by atoms with Gasteiger partial charge in [0.05, 0.1) is 0 Å². The highest BCUT2D eigenvalue weighted by molar-refractivity contribution is 5.99. The van der Waals surface area contributed by atoms with Gasteiger partial charge in [-0.25, -0.2) is 4.79 Å². The number of likely N-dealkylation sites (N-methyl/N-ethyl adjacent to an activating group) is 2. The van der Waals surface area contributed by atoms with E-state index in [1.807, 2.05) is 6.92 Å². The number of amides is 5. The number of unbranched alkanes of at least 4 members (excludes halogenated alkanes) is 1. The van der Waals surface area contributed by atoms with E-state index in [2.05, 4.69) is 16.0 Å². The topological polar surface area (TPSA) is 140 Å². The van der Waals surface area contributed by atoms with Gasteiger partial charge in [0.1, 0.15) is 29.3 Å². The molecule has 0 bridgehead atoms. The van der Waals surface area contributed by atoms with Gasteiger partial charge in [-0.05, 0) is 67.0 Å². The largest absolute Gasteiger partial charge is 0.444 e. The lowest BCUT2D eigenvalue weighted by molar-refractivity contribution is -0.141. The number of nitrogens with one attached hydrogen (secondary N) is 3. The predicted molar refractivity (Wildman–Crippen MR) is 147 cm³/mol. The number of hydrogen-bond acceptors (Lipinski definition) is 7. The highest BCUT2D eigenvalue weighted by atomic mass is 16.6. The van der Waals surface area contributed by atoms with E-state index >= 15 is 0 Å². The summed E-state index contributed by atoms with van der Waals surface area (Å²) < 4.78 is 5.33. The molecule has 2 fully saturated rings. The van der Waals surface area contributed by atoms with Gasteiger partial charge < -0.3 is 35.4 Å². The number of carbonyl (C=O) groups is 5. The first-order chi connectivity index (χ1) is 18.1. The maximum absolute atomic E-state index is 13.5. The van der Waals surface area contributed by atoms with Crippen molar-refractivity contribution in [3.05, 3.63) is 0 Å². The van der Waals surface area contributed by atoms with E-state index < -0.39 is 41.3 Å². The molecule has 1 saturated heterocycles. The first-order valence-corrected chi connectivity index (χ1v) is 13.9. The second-order valence-corrected chi connectivity index (χ2v) is 12.1. The number of alkyl carbamates (subject to hydrolysis) is 1. The second kappa shape index (κ2) is 13.5. The maximum atomic E-state index is 13.5. The first kappa shape index (κ1) is 32.3. The molecule has 12 nitrogen and oxygen atoms in total. The van der Waals surface area contributed by atoms with Crippen molar-refractivity contribution in [2.24, 2.45) is 0 Å². The fraction of sp³-hybridized carbons (Fsp3) is 0.815. The van der Waals surface area contributed by atoms with Crippen LogP contribution in [0.15, 0.2) is 0 Å². The zero-order chi connectivity index (χ0) is 29.5. The van der Waals surface area contributed by atoms with Crippen molar-refractivity contribution >= 4 is 29.7 Å². The van der Waals surface area contributed by atoms with Crippen LogP contribution < -0.4 is 16.0 Å². The van der Waals surface area contributed by atoms with Crippen LogP contribution in [0.2, 0.25) is 0 Å². The molecule has 1 saturated carbocycles. The van der Waals surface area contributed by atoms with Gasteiger partial charge in [0.2, 0.25) is 23.6 Å². The van der Waals surface area contributed by atoms with E-state index in [9.17, 15) is 24.0 Å². The summed E-state index contributed by atoms with van der Waals surface area (Å²) in [5, 5.41) is 8.39. The molecule has 0 spiro atoms. The van der Waals surface area contributed by atoms with Crippen molar-refractivity contribution in [3.63, 3.8) is 0 Å². The Hall–Kier alpha value is -2.89.